The van der Waals surface area contributed by atoms with Crippen LogP contribution in [-0.2, 0) is 4.74 Å². The van der Waals surface area contributed by atoms with Gasteiger partial charge in [-0.3, -0.25) is 0 Å². The molecule has 1 radical (unpaired) electrons. The van der Waals surface area contributed by atoms with Crippen molar-refractivity contribution in [3.63, 3.8) is 0 Å². The SMILES string of the molecule is Clc1ccc(N2CC[N]C(C3CCOCC3)C2)nc1. The van der Waals surface area contributed by atoms with Crippen molar-refractivity contribution < 1.29 is 4.74 Å². The van der Waals surface area contributed by atoms with Crippen LogP contribution in [0.1, 0.15) is 12.8 Å². The van der Waals surface area contributed by atoms with Crippen molar-refractivity contribution in [3.05, 3.63) is 23.4 Å². The number of halogens is 1. The molecular formula is C14H19ClN3O. The molecule has 19 heavy (non-hydrogen) atoms. The van der Waals surface area contributed by atoms with Gasteiger partial charge in [0.25, 0.3) is 0 Å². The van der Waals surface area contributed by atoms with Gasteiger partial charge in [-0.2, -0.15) is 0 Å². The van der Waals surface area contributed by atoms with Gasteiger partial charge in [-0.25, -0.2) is 10.3 Å². The Hall–Kier alpha value is -0.840. The molecule has 1 atom stereocenters. The monoisotopic (exact) mass is 280 g/mol. The van der Waals surface area contributed by atoms with Gasteiger partial charge in [0.15, 0.2) is 0 Å². The number of hydrogen-bond acceptors (Lipinski definition) is 3. The molecule has 0 bridgehead atoms. The summed E-state index contributed by atoms with van der Waals surface area (Å²) >= 11 is 5.89. The van der Waals surface area contributed by atoms with Crippen LogP contribution in [0.2, 0.25) is 5.02 Å². The van der Waals surface area contributed by atoms with Gasteiger partial charge < -0.3 is 9.64 Å². The molecule has 2 fully saturated rings. The summed E-state index contributed by atoms with van der Waals surface area (Å²) in [7, 11) is 0. The quantitative estimate of drug-likeness (QED) is 0.831. The molecule has 2 aliphatic heterocycles. The fraction of sp³-hybridized carbons (Fsp3) is 0.643. The molecule has 1 unspecified atom stereocenters. The van der Waals surface area contributed by atoms with E-state index in [-0.39, 0.29) is 0 Å². The van der Waals surface area contributed by atoms with E-state index in [2.05, 4.69) is 9.88 Å². The lowest BCUT2D eigenvalue weighted by Gasteiger charge is -2.38. The standard InChI is InChI=1S/C14H19ClN3O/c15-12-1-2-14(17-9-12)18-6-5-16-13(10-18)11-3-7-19-8-4-11/h1-2,9,11,13H,3-8,10H2. The first-order chi connectivity index (χ1) is 9.33. The minimum absolute atomic E-state index is 0.426. The topological polar surface area (TPSA) is 39.5 Å². The van der Waals surface area contributed by atoms with E-state index in [4.69, 9.17) is 21.7 Å². The van der Waals surface area contributed by atoms with Crippen LogP contribution in [0.15, 0.2) is 18.3 Å². The first-order valence-electron chi connectivity index (χ1n) is 6.94. The van der Waals surface area contributed by atoms with Gasteiger partial charge in [0.1, 0.15) is 5.82 Å². The lowest BCUT2D eigenvalue weighted by atomic mass is 9.90. The Morgan fingerprint density at radius 3 is 2.84 bits per heavy atom. The number of pyridine rings is 1. The second-order valence-corrected chi connectivity index (χ2v) is 5.64. The maximum Gasteiger partial charge on any atom is 0.128 e. The van der Waals surface area contributed by atoms with Gasteiger partial charge in [-0.05, 0) is 30.9 Å². The zero-order valence-electron chi connectivity index (χ0n) is 11.0. The van der Waals surface area contributed by atoms with E-state index in [9.17, 15) is 0 Å². The zero-order chi connectivity index (χ0) is 13.1. The fourth-order valence-corrected chi connectivity index (χ4v) is 2.99. The highest BCUT2D eigenvalue weighted by atomic mass is 35.5. The highest BCUT2D eigenvalue weighted by Crippen LogP contribution is 2.24. The summed E-state index contributed by atoms with van der Waals surface area (Å²) < 4.78 is 5.43. The third-order valence-corrected chi connectivity index (χ3v) is 4.21. The maximum atomic E-state index is 5.89. The van der Waals surface area contributed by atoms with Gasteiger partial charge in [0.05, 0.1) is 5.02 Å². The molecule has 0 spiro atoms. The summed E-state index contributed by atoms with van der Waals surface area (Å²) in [6.07, 6.45) is 3.98. The summed E-state index contributed by atoms with van der Waals surface area (Å²) in [4.78, 5) is 6.73. The summed E-state index contributed by atoms with van der Waals surface area (Å²) in [6, 6.07) is 4.32. The van der Waals surface area contributed by atoms with E-state index >= 15 is 0 Å². The summed E-state index contributed by atoms with van der Waals surface area (Å²) in [6.45, 7) is 4.59. The van der Waals surface area contributed by atoms with Crippen LogP contribution in [-0.4, -0.2) is 43.9 Å². The molecule has 1 aromatic heterocycles. The van der Waals surface area contributed by atoms with E-state index in [0.29, 0.717) is 17.0 Å². The summed E-state index contributed by atoms with van der Waals surface area (Å²) in [5, 5.41) is 5.48. The number of anilines is 1. The van der Waals surface area contributed by atoms with Gasteiger partial charge in [-0.15, -0.1) is 0 Å². The second kappa shape index (κ2) is 6.07. The van der Waals surface area contributed by atoms with Crippen LogP contribution >= 0.6 is 11.6 Å². The Bertz CT molecular complexity index is 406. The first-order valence-corrected chi connectivity index (χ1v) is 7.31. The van der Waals surface area contributed by atoms with Crippen molar-refractivity contribution in [1.29, 1.82) is 0 Å². The minimum Gasteiger partial charge on any atom is -0.381 e. The number of piperazine rings is 1. The van der Waals surface area contributed by atoms with Crippen LogP contribution in [0.3, 0.4) is 0 Å². The van der Waals surface area contributed by atoms with Crippen LogP contribution in [0.25, 0.3) is 0 Å². The van der Waals surface area contributed by atoms with Crippen LogP contribution < -0.4 is 10.2 Å². The number of nitrogens with zero attached hydrogens (tertiary/aromatic N) is 3. The Morgan fingerprint density at radius 1 is 1.26 bits per heavy atom. The molecule has 5 heteroatoms. The molecular weight excluding hydrogens is 262 g/mol. The van der Waals surface area contributed by atoms with Crippen LogP contribution in [0.4, 0.5) is 5.82 Å². The Balaban J connectivity index is 1.65. The minimum atomic E-state index is 0.426. The van der Waals surface area contributed by atoms with E-state index in [1.807, 2.05) is 12.1 Å². The van der Waals surface area contributed by atoms with E-state index in [1.54, 1.807) is 6.20 Å². The number of rotatable bonds is 2. The third kappa shape index (κ3) is 3.19. The van der Waals surface area contributed by atoms with E-state index < -0.39 is 0 Å². The highest BCUT2D eigenvalue weighted by molar-refractivity contribution is 6.30. The zero-order valence-corrected chi connectivity index (χ0v) is 11.7. The molecule has 0 amide bonds. The fourth-order valence-electron chi connectivity index (χ4n) is 2.88. The molecule has 0 aromatic carbocycles. The number of hydrogen-bond donors (Lipinski definition) is 0. The van der Waals surface area contributed by atoms with Crippen molar-refractivity contribution in [2.45, 2.75) is 18.9 Å². The lowest BCUT2D eigenvalue weighted by Crippen LogP contribution is -2.51. The van der Waals surface area contributed by atoms with E-state index in [0.717, 1.165) is 51.5 Å². The molecule has 2 saturated heterocycles. The summed E-state index contributed by atoms with van der Waals surface area (Å²) in [5.41, 5.74) is 0. The Morgan fingerprint density at radius 2 is 2.11 bits per heavy atom. The smallest absolute Gasteiger partial charge is 0.128 e. The Kier molecular flexibility index (Phi) is 4.21. The van der Waals surface area contributed by atoms with Gasteiger partial charge in [0, 0.05) is 45.1 Å². The molecule has 3 heterocycles. The molecule has 0 N–H and O–H groups in total. The third-order valence-electron chi connectivity index (χ3n) is 3.99. The normalized spacial score (nSPS) is 25.5. The molecule has 3 rings (SSSR count). The van der Waals surface area contributed by atoms with Crippen molar-refractivity contribution in [2.75, 3.05) is 37.7 Å². The maximum absolute atomic E-state index is 5.89. The molecule has 4 nitrogen and oxygen atoms in total. The summed E-state index contributed by atoms with van der Waals surface area (Å²) in [5.74, 6) is 1.68. The largest absolute Gasteiger partial charge is 0.381 e. The predicted molar refractivity (Wildman–Crippen MR) is 75.8 cm³/mol. The average Bonchev–Trinajstić information content (AvgIpc) is 2.49. The number of ether oxygens (including phenoxy) is 1. The van der Waals surface area contributed by atoms with Crippen molar-refractivity contribution >= 4 is 17.4 Å². The Labute approximate surface area is 119 Å². The second-order valence-electron chi connectivity index (χ2n) is 5.20. The molecule has 0 aliphatic carbocycles. The van der Waals surface area contributed by atoms with E-state index in [1.165, 1.54) is 0 Å². The first kappa shape index (κ1) is 13.2. The van der Waals surface area contributed by atoms with Crippen molar-refractivity contribution in [1.82, 2.24) is 10.3 Å². The molecule has 1 aromatic rings. The lowest BCUT2D eigenvalue weighted by molar-refractivity contribution is 0.0526. The molecule has 0 saturated carbocycles. The van der Waals surface area contributed by atoms with Gasteiger partial charge in [0.2, 0.25) is 0 Å². The van der Waals surface area contributed by atoms with Crippen LogP contribution in [0, 0.1) is 5.92 Å². The predicted octanol–water partition coefficient (Wildman–Crippen LogP) is 1.95. The molecule has 103 valence electrons. The van der Waals surface area contributed by atoms with Crippen molar-refractivity contribution in [3.8, 4) is 0 Å². The number of aromatic nitrogens is 1. The van der Waals surface area contributed by atoms with Gasteiger partial charge >= 0.3 is 0 Å². The van der Waals surface area contributed by atoms with Gasteiger partial charge in [-0.1, -0.05) is 11.6 Å². The molecule has 2 aliphatic rings. The highest BCUT2D eigenvalue weighted by Gasteiger charge is 2.29. The van der Waals surface area contributed by atoms with Crippen LogP contribution in [0.5, 0.6) is 0 Å². The van der Waals surface area contributed by atoms with Crippen molar-refractivity contribution in [2.24, 2.45) is 5.92 Å². The average molecular weight is 281 g/mol.